The van der Waals surface area contributed by atoms with Crippen LogP contribution in [0.2, 0.25) is 0 Å². The molecule has 2 aromatic rings. The number of aryl methyl sites for hydroxylation is 3. The maximum absolute atomic E-state index is 10.7. The van der Waals surface area contributed by atoms with E-state index in [0.29, 0.717) is 0 Å². The fraction of sp³-hybridized carbons (Fsp3) is 0.429. The molecular formula is C14H18N2O2S2. The monoisotopic (exact) mass is 310 g/mol. The van der Waals surface area contributed by atoms with E-state index < -0.39 is 5.97 Å². The van der Waals surface area contributed by atoms with Crippen molar-refractivity contribution in [3.63, 3.8) is 0 Å². The summed E-state index contributed by atoms with van der Waals surface area (Å²) in [6.07, 6.45) is 2.74. The van der Waals surface area contributed by atoms with Gasteiger partial charge in [0.25, 0.3) is 0 Å². The summed E-state index contributed by atoms with van der Waals surface area (Å²) in [4.78, 5) is 17.7. The van der Waals surface area contributed by atoms with Crippen molar-refractivity contribution in [3.05, 3.63) is 33.3 Å². The van der Waals surface area contributed by atoms with E-state index in [9.17, 15) is 4.79 Å². The van der Waals surface area contributed by atoms with Crippen molar-refractivity contribution in [3.8, 4) is 0 Å². The van der Waals surface area contributed by atoms with Gasteiger partial charge in [-0.05, 0) is 31.9 Å². The third kappa shape index (κ3) is 3.43. The molecule has 2 rings (SSSR count). The van der Waals surface area contributed by atoms with Gasteiger partial charge in [-0.1, -0.05) is 18.7 Å². The summed E-state index contributed by atoms with van der Waals surface area (Å²) in [5.41, 5.74) is 2.45. The molecule has 4 nitrogen and oxygen atoms in total. The van der Waals surface area contributed by atoms with Gasteiger partial charge in [0.15, 0.2) is 5.16 Å². The van der Waals surface area contributed by atoms with E-state index in [0.717, 1.165) is 23.8 Å². The molecular weight excluding hydrogens is 292 g/mol. The van der Waals surface area contributed by atoms with Crippen LogP contribution in [0.1, 0.15) is 27.9 Å². The SMILES string of the molecule is CCc1cnc(SCC(=O)O)n1Cc1cc(C)c(C)s1. The highest BCUT2D eigenvalue weighted by molar-refractivity contribution is 7.99. The first-order valence-corrected chi connectivity index (χ1v) is 8.26. The summed E-state index contributed by atoms with van der Waals surface area (Å²) in [6, 6.07) is 2.20. The molecule has 0 saturated carbocycles. The molecule has 0 aromatic carbocycles. The molecule has 2 heterocycles. The molecule has 0 saturated heterocycles. The van der Waals surface area contributed by atoms with Crippen molar-refractivity contribution >= 4 is 29.1 Å². The molecule has 0 fully saturated rings. The molecule has 0 aliphatic rings. The minimum atomic E-state index is -0.814. The normalized spacial score (nSPS) is 10.9. The molecule has 0 aliphatic carbocycles. The van der Waals surface area contributed by atoms with Gasteiger partial charge >= 0.3 is 5.97 Å². The van der Waals surface area contributed by atoms with Crippen LogP contribution in [0.25, 0.3) is 0 Å². The van der Waals surface area contributed by atoms with Crippen LogP contribution in [0.5, 0.6) is 0 Å². The summed E-state index contributed by atoms with van der Waals surface area (Å²) in [7, 11) is 0. The fourth-order valence-electron chi connectivity index (χ4n) is 1.97. The number of aliphatic carboxylic acids is 1. The molecule has 108 valence electrons. The Morgan fingerprint density at radius 2 is 2.25 bits per heavy atom. The first-order chi connectivity index (χ1) is 9.51. The van der Waals surface area contributed by atoms with Crippen molar-refractivity contribution in [2.24, 2.45) is 0 Å². The zero-order valence-corrected chi connectivity index (χ0v) is 13.5. The Labute approximate surface area is 126 Å². The van der Waals surface area contributed by atoms with E-state index in [4.69, 9.17) is 5.11 Å². The highest BCUT2D eigenvalue weighted by Crippen LogP contribution is 2.25. The molecule has 20 heavy (non-hydrogen) atoms. The van der Waals surface area contributed by atoms with Gasteiger partial charge in [0.1, 0.15) is 0 Å². The van der Waals surface area contributed by atoms with Crippen LogP contribution in [-0.4, -0.2) is 26.4 Å². The summed E-state index contributed by atoms with van der Waals surface area (Å²) in [6.45, 7) is 7.09. The second kappa shape index (κ2) is 6.45. The zero-order chi connectivity index (χ0) is 14.7. The maximum Gasteiger partial charge on any atom is 0.313 e. The van der Waals surface area contributed by atoms with Gasteiger partial charge in [-0.15, -0.1) is 11.3 Å². The Morgan fingerprint density at radius 3 is 2.80 bits per heavy atom. The van der Waals surface area contributed by atoms with Crippen molar-refractivity contribution in [1.29, 1.82) is 0 Å². The molecule has 6 heteroatoms. The van der Waals surface area contributed by atoms with Crippen LogP contribution in [0.15, 0.2) is 17.4 Å². The molecule has 0 bridgehead atoms. The molecule has 0 unspecified atom stereocenters. The minimum absolute atomic E-state index is 0.0443. The third-order valence-electron chi connectivity index (χ3n) is 3.12. The van der Waals surface area contributed by atoms with Crippen LogP contribution in [0, 0.1) is 13.8 Å². The lowest BCUT2D eigenvalue weighted by Crippen LogP contribution is -2.06. The van der Waals surface area contributed by atoms with Gasteiger partial charge in [-0.2, -0.15) is 0 Å². The number of hydrogen-bond acceptors (Lipinski definition) is 4. The van der Waals surface area contributed by atoms with E-state index in [1.54, 1.807) is 11.3 Å². The number of aromatic nitrogens is 2. The Morgan fingerprint density at radius 1 is 1.50 bits per heavy atom. The standard InChI is InChI=1S/C14H18N2O2S2/c1-4-11-6-15-14(19-8-13(17)18)16(11)7-12-5-9(2)10(3)20-12/h5-6H,4,7-8H2,1-3H3,(H,17,18). The first-order valence-electron chi connectivity index (χ1n) is 6.46. The second-order valence-electron chi connectivity index (χ2n) is 4.61. The Bertz CT molecular complexity index is 597. The van der Waals surface area contributed by atoms with Crippen molar-refractivity contribution in [2.75, 3.05) is 5.75 Å². The summed E-state index contributed by atoms with van der Waals surface area (Å²) in [5, 5.41) is 9.59. The Balaban J connectivity index is 2.23. The van der Waals surface area contributed by atoms with Crippen LogP contribution in [0.3, 0.4) is 0 Å². The summed E-state index contributed by atoms with van der Waals surface area (Å²) >= 11 is 3.07. The fourth-order valence-corrected chi connectivity index (χ4v) is 3.73. The van der Waals surface area contributed by atoms with Gasteiger partial charge in [-0.25, -0.2) is 4.98 Å². The van der Waals surface area contributed by atoms with E-state index in [2.05, 4.69) is 36.4 Å². The number of carbonyl (C=O) groups is 1. The largest absolute Gasteiger partial charge is 0.481 e. The zero-order valence-electron chi connectivity index (χ0n) is 11.8. The summed E-state index contributed by atoms with van der Waals surface area (Å²) in [5.74, 6) is -0.770. The van der Waals surface area contributed by atoms with Crippen LogP contribution in [-0.2, 0) is 17.8 Å². The summed E-state index contributed by atoms with van der Waals surface area (Å²) < 4.78 is 2.12. The molecule has 1 N–H and O–H groups in total. The molecule has 0 spiro atoms. The van der Waals surface area contributed by atoms with Crippen LogP contribution < -0.4 is 0 Å². The topological polar surface area (TPSA) is 55.1 Å². The van der Waals surface area contributed by atoms with Gasteiger partial charge in [0, 0.05) is 21.6 Å². The quantitative estimate of drug-likeness (QED) is 0.831. The predicted molar refractivity (Wildman–Crippen MR) is 82.9 cm³/mol. The number of hydrogen-bond donors (Lipinski definition) is 1. The minimum Gasteiger partial charge on any atom is -0.481 e. The first kappa shape index (κ1) is 15.1. The van der Waals surface area contributed by atoms with Gasteiger partial charge in [0.05, 0.1) is 12.3 Å². The maximum atomic E-state index is 10.7. The number of carboxylic acid groups (broad SMARTS) is 1. The highest BCUT2D eigenvalue weighted by Gasteiger charge is 2.13. The lowest BCUT2D eigenvalue weighted by Gasteiger charge is -2.09. The van der Waals surface area contributed by atoms with Gasteiger partial charge in [0.2, 0.25) is 0 Å². The number of rotatable bonds is 6. The second-order valence-corrected chi connectivity index (χ2v) is 6.89. The van der Waals surface area contributed by atoms with E-state index in [1.807, 2.05) is 6.20 Å². The van der Waals surface area contributed by atoms with Crippen LogP contribution >= 0.6 is 23.1 Å². The third-order valence-corrected chi connectivity index (χ3v) is 5.23. The van der Waals surface area contributed by atoms with Crippen LogP contribution in [0.4, 0.5) is 0 Å². The average Bonchev–Trinajstić information content (AvgIpc) is 2.91. The van der Waals surface area contributed by atoms with E-state index >= 15 is 0 Å². The average molecular weight is 310 g/mol. The Kier molecular flexibility index (Phi) is 4.88. The Hall–Kier alpha value is -1.27. The molecule has 0 amide bonds. The number of nitrogens with zero attached hydrogens (tertiary/aromatic N) is 2. The van der Waals surface area contributed by atoms with Crippen molar-refractivity contribution in [1.82, 2.24) is 9.55 Å². The van der Waals surface area contributed by atoms with Gasteiger partial charge in [-0.3, -0.25) is 4.79 Å². The van der Waals surface area contributed by atoms with Crippen molar-refractivity contribution < 1.29 is 9.90 Å². The number of thioether (sulfide) groups is 1. The molecule has 0 radical (unpaired) electrons. The highest BCUT2D eigenvalue weighted by atomic mass is 32.2. The number of imidazole rings is 1. The van der Waals surface area contributed by atoms with Gasteiger partial charge < -0.3 is 9.67 Å². The lowest BCUT2D eigenvalue weighted by atomic mass is 10.3. The predicted octanol–water partition coefficient (Wildman–Crippen LogP) is 3.35. The lowest BCUT2D eigenvalue weighted by molar-refractivity contribution is -0.133. The smallest absolute Gasteiger partial charge is 0.313 e. The molecule has 2 aromatic heterocycles. The van der Waals surface area contributed by atoms with E-state index in [-0.39, 0.29) is 5.75 Å². The number of thiophene rings is 1. The molecule has 0 atom stereocenters. The number of carboxylic acids is 1. The van der Waals surface area contributed by atoms with Crippen molar-refractivity contribution in [2.45, 2.75) is 38.9 Å². The molecule has 0 aliphatic heterocycles. The van der Waals surface area contributed by atoms with E-state index in [1.165, 1.54) is 27.1 Å².